The van der Waals surface area contributed by atoms with Gasteiger partial charge in [0.2, 0.25) is 0 Å². The number of para-hydroxylation sites is 1. The minimum absolute atomic E-state index is 0.212. The lowest BCUT2D eigenvalue weighted by Gasteiger charge is -2.16. The predicted molar refractivity (Wildman–Crippen MR) is 59.1 cm³/mol. The lowest BCUT2D eigenvalue weighted by atomic mass is 10.1. The molecule has 0 aliphatic heterocycles. The van der Waals surface area contributed by atoms with Crippen LogP contribution in [0.3, 0.4) is 0 Å². The van der Waals surface area contributed by atoms with Gasteiger partial charge < -0.3 is 9.72 Å². The zero-order chi connectivity index (χ0) is 13.3. The highest BCUT2D eigenvalue weighted by molar-refractivity contribution is 5.85. The van der Waals surface area contributed by atoms with Crippen molar-refractivity contribution < 1.29 is 22.7 Å². The van der Waals surface area contributed by atoms with Gasteiger partial charge in [-0.2, -0.15) is 13.2 Å². The Hall–Kier alpha value is -1.98. The number of hydrogen-bond acceptors (Lipinski definition) is 2. The number of hydrogen-bond donors (Lipinski definition) is 1. The Morgan fingerprint density at radius 1 is 1.33 bits per heavy atom. The summed E-state index contributed by atoms with van der Waals surface area (Å²) in [6, 6.07) is 8.03. The normalized spacial score (nSPS) is 13.6. The quantitative estimate of drug-likeness (QED) is 0.840. The number of ether oxygens (including phenoxy) is 1. The van der Waals surface area contributed by atoms with E-state index >= 15 is 0 Å². The summed E-state index contributed by atoms with van der Waals surface area (Å²) in [7, 11) is 0.934. The Bertz CT molecular complexity index is 541. The summed E-state index contributed by atoms with van der Waals surface area (Å²) in [6.07, 6.45) is -4.69. The Labute approximate surface area is 101 Å². The van der Waals surface area contributed by atoms with Gasteiger partial charge in [0.15, 0.2) is 5.92 Å². The molecular weight excluding hydrogens is 247 g/mol. The number of nitrogens with one attached hydrogen (secondary N) is 1. The van der Waals surface area contributed by atoms with E-state index in [0.717, 1.165) is 7.11 Å². The molecule has 0 unspecified atom stereocenters. The van der Waals surface area contributed by atoms with Gasteiger partial charge in [-0.15, -0.1) is 0 Å². The van der Waals surface area contributed by atoms with Crippen molar-refractivity contribution in [2.45, 2.75) is 12.1 Å². The van der Waals surface area contributed by atoms with Crippen molar-refractivity contribution in [3.63, 3.8) is 0 Å². The largest absolute Gasteiger partial charge is 0.468 e. The van der Waals surface area contributed by atoms with Crippen LogP contribution in [0.25, 0.3) is 10.9 Å². The third-order valence-electron chi connectivity index (χ3n) is 2.63. The molecule has 0 amide bonds. The summed E-state index contributed by atoms with van der Waals surface area (Å²) in [6.45, 7) is 0. The molecule has 1 N–H and O–H groups in total. The third-order valence-corrected chi connectivity index (χ3v) is 2.63. The molecule has 18 heavy (non-hydrogen) atoms. The highest BCUT2D eigenvalue weighted by atomic mass is 19.4. The van der Waals surface area contributed by atoms with Crippen LogP contribution in [-0.2, 0) is 9.53 Å². The molecule has 0 aliphatic rings. The zero-order valence-electron chi connectivity index (χ0n) is 9.41. The fourth-order valence-corrected chi connectivity index (χ4v) is 1.81. The molecule has 0 spiro atoms. The fourth-order valence-electron chi connectivity index (χ4n) is 1.81. The van der Waals surface area contributed by atoms with E-state index < -0.39 is 18.1 Å². The Morgan fingerprint density at radius 2 is 2.00 bits per heavy atom. The second-order valence-corrected chi connectivity index (χ2v) is 3.81. The molecular formula is C12H10F3NO2. The van der Waals surface area contributed by atoms with Crippen LogP contribution in [0.1, 0.15) is 11.6 Å². The van der Waals surface area contributed by atoms with Crippen molar-refractivity contribution in [1.29, 1.82) is 0 Å². The second kappa shape index (κ2) is 4.36. The minimum Gasteiger partial charge on any atom is -0.468 e. The lowest BCUT2D eigenvalue weighted by molar-refractivity contribution is -0.179. The van der Waals surface area contributed by atoms with Gasteiger partial charge in [-0.1, -0.05) is 18.2 Å². The molecule has 2 aromatic rings. The maximum Gasteiger partial charge on any atom is 0.407 e. The Kier molecular flexibility index (Phi) is 3.02. The molecule has 0 aliphatic carbocycles. The molecule has 0 radical (unpaired) electrons. The number of carbonyl (C=O) groups is 1. The summed E-state index contributed by atoms with van der Waals surface area (Å²) in [5, 5.41) is 0.616. The van der Waals surface area contributed by atoms with E-state index in [-0.39, 0.29) is 5.69 Å². The van der Waals surface area contributed by atoms with Gasteiger partial charge in [0.1, 0.15) is 0 Å². The first-order valence-corrected chi connectivity index (χ1v) is 5.15. The first-order chi connectivity index (χ1) is 8.43. The fraction of sp³-hybridized carbons (Fsp3) is 0.250. The number of esters is 1. The number of halogens is 3. The molecule has 0 saturated heterocycles. The SMILES string of the molecule is COC(=O)[C@@H](c1cc2ccccc2[nH]1)C(F)(F)F. The maximum absolute atomic E-state index is 12.9. The molecule has 1 heterocycles. The first-order valence-electron chi connectivity index (χ1n) is 5.15. The summed E-state index contributed by atoms with van der Waals surface area (Å²) in [4.78, 5) is 13.9. The van der Waals surface area contributed by atoms with Gasteiger partial charge in [-0.3, -0.25) is 4.79 Å². The topological polar surface area (TPSA) is 42.1 Å². The maximum atomic E-state index is 12.9. The number of benzene rings is 1. The van der Waals surface area contributed by atoms with Crippen molar-refractivity contribution in [3.8, 4) is 0 Å². The van der Waals surface area contributed by atoms with E-state index in [0.29, 0.717) is 10.9 Å². The van der Waals surface area contributed by atoms with Crippen LogP contribution in [-0.4, -0.2) is 24.2 Å². The Balaban J connectivity index is 2.51. The van der Waals surface area contributed by atoms with Gasteiger partial charge in [0, 0.05) is 11.2 Å². The number of aromatic amines is 1. The monoisotopic (exact) mass is 257 g/mol. The smallest absolute Gasteiger partial charge is 0.407 e. The second-order valence-electron chi connectivity index (χ2n) is 3.81. The molecule has 0 bridgehead atoms. The molecule has 0 fully saturated rings. The molecule has 96 valence electrons. The number of rotatable bonds is 2. The molecule has 2 rings (SSSR count). The molecule has 1 aromatic heterocycles. The van der Waals surface area contributed by atoms with Gasteiger partial charge in [0.25, 0.3) is 0 Å². The van der Waals surface area contributed by atoms with Crippen molar-refractivity contribution in [2.24, 2.45) is 0 Å². The van der Waals surface area contributed by atoms with Crippen LogP contribution in [0.15, 0.2) is 30.3 Å². The molecule has 0 saturated carbocycles. The third kappa shape index (κ3) is 2.18. The number of aromatic nitrogens is 1. The number of methoxy groups -OCH3 is 1. The van der Waals surface area contributed by atoms with Gasteiger partial charge in [-0.25, -0.2) is 0 Å². The van der Waals surface area contributed by atoms with E-state index in [2.05, 4.69) is 9.72 Å². The standard InChI is InChI=1S/C12H10F3NO2/c1-18-11(17)10(12(13,14)15)9-6-7-4-2-3-5-8(7)16-9/h2-6,10,16H,1H3/t10-/m1/s1. The van der Waals surface area contributed by atoms with E-state index in [1.165, 1.54) is 6.07 Å². The van der Waals surface area contributed by atoms with Crippen LogP contribution in [0, 0.1) is 0 Å². The number of fused-ring (bicyclic) bond motifs is 1. The van der Waals surface area contributed by atoms with E-state index in [4.69, 9.17) is 0 Å². The van der Waals surface area contributed by atoms with Crippen LogP contribution in [0.2, 0.25) is 0 Å². The predicted octanol–water partition coefficient (Wildman–Crippen LogP) is 2.99. The zero-order valence-corrected chi connectivity index (χ0v) is 9.41. The minimum atomic E-state index is -4.69. The van der Waals surface area contributed by atoms with E-state index in [1.807, 2.05) is 0 Å². The first kappa shape index (κ1) is 12.5. The summed E-state index contributed by atoms with van der Waals surface area (Å²) >= 11 is 0. The van der Waals surface area contributed by atoms with Gasteiger partial charge >= 0.3 is 12.1 Å². The van der Waals surface area contributed by atoms with Crippen LogP contribution < -0.4 is 0 Å². The van der Waals surface area contributed by atoms with E-state index in [1.54, 1.807) is 24.3 Å². The molecule has 3 nitrogen and oxygen atoms in total. The lowest BCUT2D eigenvalue weighted by Crippen LogP contribution is -2.29. The van der Waals surface area contributed by atoms with E-state index in [9.17, 15) is 18.0 Å². The summed E-state index contributed by atoms with van der Waals surface area (Å²) < 4.78 is 42.8. The number of H-pyrrole nitrogens is 1. The van der Waals surface area contributed by atoms with Crippen LogP contribution in [0.5, 0.6) is 0 Å². The van der Waals surface area contributed by atoms with Crippen molar-refractivity contribution >= 4 is 16.9 Å². The number of alkyl halides is 3. The van der Waals surface area contributed by atoms with Crippen molar-refractivity contribution in [2.75, 3.05) is 7.11 Å². The van der Waals surface area contributed by atoms with Gasteiger partial charge in [-0.05, 0) is 17.5 Å². The Morgan fingerprint density at radius 3 is 2.56 bits per heavy atom. The highest BCUT2D eigenvalue weighted by Crippen LogP contribution is 2.36. The van der Waals surface area contributed by atoms with Gasteiger partial charge in [0.05, 0.1) is 7.11 Å². The van der Waals surface area contributed by atoms with Crippen LogP contribution in [0.4, 0.5) is 13.2 Å². The highest BCUT2D eigenvalue weighted by Gasteiger charge is 2.47. The molecule has 1 atom stereocenters. The number of carbonyl (C=O) groups excluding carboxylic acids is 1. The average Bonchev–Trinajstić information content (AvgIpc) is 2.69. The summed E-state index contributed by atoms with van der Waals surface area (Å²) in [5.74, 6) is -3.61. The van der Waals surface area contributed by atoms with Crippen molar-refractivity contribution in [3.05, 3.63) is 36.0 Å². The molecule has 6 heteroatoms. The van der Waals surface area contributed by atoms with Crippen LogP contribution >= 0.6 is 0 Å². The van der Waals surface area contributed by atoms with Crippen molar-refractivity contribution in [1.82, 2.24) is 4.98 Å². The summed E-state index contributed by atoms with van der Waals surface area (Å²) in [5.41, 5.74) is 0.334. The average molecular weight is 257 g/mol. The molecule has 1 aromatic carbocycles.